The summed E-state index contributed by atoms with van der Waals surface area (Å²) in [6.45, 7) is 4.56. The highest BCUT2D eigenvalue weighted by atomic mass is 32.1. The maximum absolute atomic E-state index is 4.14. The van der Waals surface area contributed by atoms with Crippen LogP contribution >= 0.6 is 11.3 Å². The maximum atomic E-state index is 4.14. The summed E-state index contributed by atoms with van der Waals surface area (Å²) in [6, 6.07) is 8.13. The fourth-order valence-electron chi connectivity index (χ4n) is 1.41. The summed E-state index contributed by atoms with van der Waals surface area (Å²) in [4.78, 5) is 4.14. The Kier molecular flexibility index (Phi) is 4.08. The third kappa shape index (κ3) is 3.27. The monoisotopic (exact) mass is 221 g/mol. The first-order valence-electron chi connectivity index (χ1n) is 5.16. The van der Waals surface area contributed by atoms with Gasteiger partial charge in [0.15, 0.2) is 0 Å². The lowest BCUT2D eigenvalue weighted by atomic mass is 10.3. The van der Waals surface area contributed by atoms with Gasteiger partial charge in [0.1, 0.15) is 0 Å². The third-order valence-corrected chi connectivity index (χ3v) is 3.00. The van der Waals surface area contributed by atoms with E-state index in [0.29, 0.717) is 0 Å². The zero-order valence-corrected chi connectivity index (χ0v) is 9.39. The molecule has 1 aliphatic rings. The molecule has 0 saturated carbocycles. The number of hydrogen-bond acceptors (Lipinski definition) is 4. The van der Waals surface area contributed by atoms with Crippen molar-refractivity contribution in [3.05, 3.63) is 29.8 Å². The zero-order valence-electron chi connectivity index (χ0n) is 8.57. The van der Waals surface area contributed by atoms with Gasteiger partial charge in [0.25, 0.3) is 0 Å². The number of nitrogens with zero attached hydrogens (tertiary/aromatic N) is 1. The molecule has 0 aliphatic carbocycles. The summed E-state index contributed by atoms with van der Waals surface area (Å²) in [5.41, 5.74) is 2.97. The van der Waals surface area contributed by atoms with Gasteiger partial charge in [-0.05, 0) is 12.1 Å². The van der Waals surface area contributed by atoms with E-state index in [1.165, 1.54) is 4.70 Å². The molecule has 1 aliphatic heterocycles. The minimum atomic E-state index is 1.10. The van der Waals surface area contributed by atoms with E-state index in [1.807, 2.05) is 23.7 Å². The standard InChI is InChI=1S/C7H5NS.C4H10N2/c1-2-4-7-6(3-1)8-5-9-7;1-2-6-4-3-5-1/h1-5H;5-6H,1-4H2. The highest BCUT2D eigenvalue weighted by Gasteiger charge is 1.91. The van der Waals surface area contributed by atoms with Crippen LogP contribution in [0.15, 0.2) is 29.8 Å². The number of fused-ring (bicyclic) bond motifs is 1. The highest BCUT2D eigenvalue weighted by molar-refractivity contribution is 7.16. The predicted octanol–water partition coefficient (Wildman–Crippen LogP) is 1.48. The topological polar surface area (TPSA) is 37.0 Å². The van der Waals surface area contributed by atoms with Crippen molar-refractivity contribution >= 4 is 21.6 Å². The van der Waals surface area contributed by atoms with Crippen LogP contribution in [0.25, 0.3) is 10.2 Å². The van der Waals surface area contributed by atoms with Crippen molar-refractivity contribution in [3.8, 4) is 0 Å². The van der Waals surface area contributed by atoms with E-state index in [-0.39, 0.29) is 0 Å². The van der Waals surface area contributed by atoms with Crippen molar-refractivity contribution in [3.63, 3.8) is 0 Å². The first-order valence-corrected chi connectivity index (χ1v) is 6.04. The molecule has 80 valence electrons. The van der Waals surface area contributed by atoms with Crippen LogP contribution in [-0.4, -0.2) is 31.2 Å². The minimum Gasteiger partial charge on any atom is -0.314 e. The van der Waals surface area contributed by atoms with Crippen LogP contribution in [-0.2, 0) is 0 Å². The van der Waals surface area contributed by atoms with Crippen LogP contribution in [0.2, 0.25) is 0 Å². The average molecular weight is 221 g/mol. The smallest absolute Gasteiger partial charge is 0.0812 e. The summed E-state index contributed by atoms with van der Waals surface area (Å²) in [6.07, 6.45) is 0. The van der Waals surface area contributed by atoms with Gasteiger partial charge in [-0.25, -0.2) is 4.98 Å². The Morgan fingerprint density at radius 2 is 1.67 bits per heavy atom. The van der Waals surface area contributed by atoms with Crippen molar-refractivity contribution in [2.24, 2.45) is 0 Å². The third-order valence-electron chi connectivity index (χ3n) is 2.19. The molecule has 1 aromatic heterocycles. The number of nitrogens with one attached hydrogen (secondary N) is 2. The molecular weight excluding hydrogens is 206 g/mol. The number of piperazine rings is 1. The second kappa shape index (κ2) is 5.80. The number of aromatic nitrogens is 1. The normalized spacial score (nSPS) is 15.7. The van der Waals surface area contributed by atoms with Gasteiger partial charge in [-0.2, -0.15) is 0 Å². The van der Waals surface area contributed by atoms with Crippen LogP contribution < -0.4 is 10.6 Å². The summed E-state index contributed by atoms with van der Waals surface area (Å²) in [5.74, 6) is 0. The van der Waals surface area contributed by atoms with Gasteiger partial charge in [-0.3, -0.25) is 0 Å². The van der Waals surface area contributed by atoms with Crippen LogP contribution in [0.3, 0.4) is 0 Å². The second-order valence-electron chi connectivity index (χ2n) is 3.32. The van der Waals surface area contributed by atoms with Gasteiger partial charge >= 0.3 is 0 Å². The molecular formula is C11H15N3S. The number of benzene rings is 1. The lowest BCUT2D eigenvalue weighted by Crippen LogP contribution is -2.39. The molecule has 3 nitrogen and oxygen atoms in total. The Morgan fingerprint density at radius 3 is 2.27 bits per heavy atom. The molecule has 1 aromatic carbocycles. The Morgan fingerprint density at radius 1 is 1.00 bits per heavy atom. The lowest BCUT2D eigenvalue weighted by Gasteiger charge is -2.11. The Labute approximate surface area is 93.5 Å². The SMILES string of the molecule is C1CNCCN1.c1ccc2scnc2c1. The predicted molar refractivity (Wildman–Crippen MR) is 65.4 cm³/mol. The Balaban J connectivity index is 0.000000124. The van der Waals surface area contributed by atoms with E-state index >= 15 is 0 Å². The van der Waals surface area contributed by atoms with Gasteiger partial charge < -0.3 is 10.6 Å². The number of rotatable bonds is 0. The zero-order chi connectivity index (χ0) is 10.3. The molecule has 3 rings (SSSR count). The molecule has 1 saturated heterocycles. The van der Waals surface area contributed by atoms with Gasteiger partial charge in [0, 0.05) is 26.2 Å². The van der Waals surface area contributed by atoms with E-state index in [0.717, 1.165) is 31.7 Å². The average Bonchev–Trinajstić information content (AvgIpc) is 2.80. The molecule has 0 amide bonds. The van der Waals surface area contributed by atoms with Gasteiger partial charge in [-0.15, -0.1) is 11.3 Å². The molecule has 4 heteroatoms. The first-order chi connectivity index (χ1) is 7.47. The lowest BCUT2D eigenvalue weighted by molar-refractivity contribution is 0.534. The van der Waals surface area contributed by atoms with Crippen molar-refractivity contribution in [1.82, 2.24) is 15.6 Å². The van der Waals surface area contributed by atoms with Crippen LogP contribution in [0, 0.1) is 0 Å². The maximum Gasteiger partial charge on any atom is 0.0812 e. The second-order valence-corrected chi connectivity index (χ2v) is 4.21. The van der Waals surface area contributed by atoms with Crippen molar-refractivity contribution < 1.29 is 0 Å². The molecule has 0 radical (unpaired) electrons. The fraction of sp³-hybridized carbons (Fsp3) is 0.364. The number of para-hydroxylation sites is 1. The molecule has 2 aromatic rings. The van der Waals surface area contributed by atoms with Gasteiger partial charge in [-0.1, -0.05) is 12.1 Å². The van der Waals surface area contributed by atoms with Crippen LogP contribution in [0.5, 0.6) is 0 Å². The minimum absolute atomic E-state index is 1.10. The molecule has 0 spiro atoms. The summed E-state index contributed by atoms with van der Waals surface area (Å²) in [7, 11) is 0. The molecule has 0 bridgehead atoms. The Bertz CT molecular complexity index is 354. The van der Waals surface area contributed by atoms with E-state index < -0.39 is 0 Å². The van der Waals surface area contributed by atoms with Gasteiger partial charge in [0.05, 0.1) is 15.7 Å². The van der Waals surface area contributed by atoms with Crippen molar-refractivity contribution in [2.75, 3.05) is 26.2 Å². The highest BCUT2D eigenvalue weighted by Crippen LogP contribution is 2.15. The first kappa shape index (κ1) is 10.5. The summed E-state index contributed by atoms with van der Waals surface area (Å²) < 4.78 is 1.26. The van der Waals surface area contributed by atoms with Crippen LogP contribution in [0.4, 0.5) is 0 Å². The van der Waals surface area contributed by atoms with Crippen molar-refractivity contribution in [1.29, 1.82) is 0 Å². The van der Waals surface area contributed by atoms with Crippen LogP contribution in [0.1, 0.15) is 0 Å². The molecule has 15 heavy (non-hydrogen) atoms. The molecule has 2 heterocycles. The quantitative estimate of drug-likeness (QED) is 0.707. The number of hydrogen-bond donors (Lipinski definition) is 2. The molecule has 0 unspecified atom stereocenters. The Hall–Kier alpha value is -0.970. The van der Waals surface area contributed by atoms with E-state index in [2.05, 4.69) is 21.7 Å². The van der Waals surface area contributed by atoms with E-state index in [4.69, 9.17) is 0 Å². The number of thiazole rings is 1. The summed E-state index contributed by atoms with van der Waals surface area (Å²) in [5, 5.41) is 6.44. The summed E-state index contributed by atoms with van der Waals surface area (Å²) >= 11 is 1.68. The van der Waals surface area contributed by atoms with Crippen molar-refractivity contribution in [2.45, 2.75) is 0 Å². The molecule has 1 fully saturated rings. The largest absolute Gasteiger partial charge is 0.314 e. The van der Waals surface area contributed by atoms with Gasteiger partial charge in [0.2, 0.25) is 0 Å². The van der Waals surface area contributed by atoms with E-state index in [9.17, 15) is 0 Å². The molecule has 0 atom stereocenters. The van der Waals surface area contributed by atoms with E-state index in [1.54, 1.807) is 11.3 Å². The fourth-order valence-corrected chi connectivity index (χ4v) is 2.09. The molecule has 2 N–H and O–H groups in total.